The second-order valence-electron chi connectivity index (χ2n) is 9.05. The van der Waals surface area contributed by atoms with Gasteiger partial charge in [-0.25, -0.2) is 18.2 Å². The van der Waals surface area contributed by atoms with E-state index < -0.39 is 26.2 Å². The first kappa shape index (κ1) is 25.6. The summed E-state index contributed by atoms with van der Waals surface area (Å²) in [5.41, 5.74) is -3.77. The molecule has 0 amide bonds. The van der Waals surface area contributed by atoms with Gasteiger partial charge in [-0.15, -0.1) is 0 Å². The van der Waals surface area contributed by atoms with Gasteiger partial charge in [-0.1, -0.05) is 18.2 Å². The Hall–Kier alpha value is -3.44. The molecule has 2 aromatic carbocycles. The number of hydrogen-bond donors (Lipinski definition) is 0. The van der Waals surface area contributed by atoms with E-state index >= 15 is 0 Å². The van der Waals surface area contributed by atoms with Crippen molar-refractivity contribution in [1.29, 1.82) is 0 Å². The van der Waals surface area contributed by atoms with Crippen molar-refractivity contribution >= 4 is 21.5 Å². The van der Waals surface area contributed by atoms with Crippen LogP contribution in [-0.4, -0.2) is 48.5 Å². The van der Waals surface area contributed by atoms with Crippen molar-refractivity contribution < 1.29 is 31.1 Å². The molecule has 0 spiro atoms. The average molecular weight is 520 g/mol. The van der Waals surface area contributed by atoms with E-state index in [1.807, 2.05) is 24.8 Å². The lowest BCUT2D eigenvalue weighted by Crippen LogP contribution is -2.39. The van der Waals surface area contributed by atoms with E-state index in [1.54, 1.807) is 42.6 Å². The van der Waals surface area contributed by atoms with E-state index in [4.69, 9.17) is 4.74 Å². The third-order valence-electron chi connectivity index (χ3n) is 5.97. The molecular weight excluding hydrogens is 495 g/mol. The maximum absolute atomic E-state index is 12.8. The second-order valence-corrected chi connectivity index (χ2v) is 11.0. The van der Waals surface area contributed by atoms with Crippen LogP contribution in [0.3, 0.4) is 0 Å². The van der Waals surface area contributed by atoms with Gasteiger partial charge in [0.15, 0.2) is 0 Å². The topological polar surface area (TPSA) is 79.8 Å². The molecule has 1 saturated heterocycles. The van der Waals surface area contributed by atoms with Crippen LogP contribution in [0, 0.1) is 0 Å². The van der Waals surface area contributed by atoms with Gasteiger partial charge in [0.1, 0.15) is 0 Å². The van der Waals surface area contributed by atoms with E-state index in [1.165, 1.54) is 12.1 Å². The minimum absolute atomic E-state index is 0.177. The molecule has 1 aliphatic rings. The van der Waals surface area contributed by atoms with Crippen LogP contribution in [-0.2, 0) is 16.4 Å². The van der Waals surface area contributed by atoms with E-state index in [9.17, 15) is 26.4 Å². The van der Waals surface area contributed by atoms with Gasteiger partial charge >= 0.3 is 11.5 Å². The summed E-state index contributed by atoms with van der Waals surface area (Å²) in [5, 5.41) is 0. The van der Waals surface area contributed by atoms with Crippen molar-refractivity contribution in [3.05, 3.63) is 84.1 Å². The molecule has 36 heavy (non-hydrogen) atoms. The molecule has 0 bridgehead atoms. The third-order valence-corrected chi connectivity index (χ3v) is 7.47. The summed E-state index contributed by atoms with van der Waals surface area (Å²) in [6.45, 7) is 5.60. The number of aromatic nitrogens is 1. The summed E-state index contributed by atoms with van der Waals surface area (Å²) in [4.78, 5) is 19.8. The molecule has 3 aromatic rings. The van der Waals surface area contributed by atoms with E-state index in [2.05, 4.69) is 9.88 Å². The fourth-order valence-corrected chi connectivity index (χ4v) is 4.74. The molecule has 1 fully saturated rings. The Kier molecular flexibility index (Phi) is 6.80. The molecule has 0 radical (unpaired) electrons. The molecule has 190 valence electrons. The molecule has 4 rings (SSSR count). The monoisotopic (exact) mass is 519 g/mol. The van der Waals surface area contributed by atoms with Crippen molar-refractivity contribution in [1.82, 2.24) is 9.88 Å². The van der Waals surface area contributed by atoms with E-state index in [0.29, 0.717) is 31.0 Å². The molecule has 0 saturated carbocycles. The molecular formula is C25H24F3N3O4S. The van der Waals surface area contributed by atoms with E-state index in [-0.39, 0.29) is 11.4 Å². The summed E-state index contributed by atoms with van der Waals surface area (Å²) in [6, 6.07) is 16.8. The Morgan fingerprint density at radius 1 is 1.06 bits per heavy atom. The molecule has 1 aliphatic heterocycles. The number of anilines is 1. The Morgan fingerprint density at radius 2 is 1.72 bits per heavy atom. The number of carbonyl (C=O) groups excluding carboxylic acids is 1. The predicted molar refractivity (Wildman–Crippen MR) is 127 cm³/mol. The molecule has 0 atom stereocenters. The highest BCUT2D eigenvalue weighted by molar-refractivity contribution is 7.92. The standard InChI is InChI=1S/C25H24F3N3O4S/c1-24(2)16-30(20-8-10-21(11-9-20)36(33,34)25(26,27)28)17-31(24)15-18-12-13-29-22(14-18)35-23(32)19-6-4-3-5-7-19/h3-14H,15-17H2,1-2H3. The zero-order valence-electron chi connectivity index (χ0n) is 19.6. The second kappa shape index (κ2) is 9.55. The molecule has 0 N–H and O–H groups in total. The number of carbonyl (C=O) groups is 1. The Labute approximate surface area is 207 Å². The molecule has 7 nitrogen and oxygen atoms in total. The fraction of sp³-hybridized carbons (Fsp3) is 0.280. The summed E-state index contributed by atoms with van der Waals surface area (Å²) >= 11 is 0. The zero-order valence-corrected chi connectivity index (χ0v) is 20.4. The van der Waals surface area contributed by atoms with Crippen LogP contribution in [0.25, 0.3) is 0 Å². The van der Waals surface area contributed by atoms with Crippen LogP contribution >= 0.6 is 0 Å². The van der Waals surface area contributed by atoms with Crippen molar-refractivity contribution in [3.63, 3.8) is 0 Å². The van der Waals surface area contributed by atoms with Crippen molar-refractivity contribution in [2.45, 2.75) is 36.3 Å². The molecule has 11 heteroatoms. The van der Waals surface area contributed by atoms with Gasteiger partial charge in [-0.2, -0.15) is 13.2 Å². The van der Waals surface area contributed by atoms with Gasteiger partial charge in [0.2, 0.25) is 5.88 Å². The van der Waals surface area contributed by atoms with Crippen molar-refractivity contribution in [2.24, 2.45) is 0 Å². The van der Waals surface area contributed by atoms with Gasteiger partial charge in [-0.05, 0) is 61.9 Å². The van der Waals surface area contributed by atoms with Crippen LogP contribution in [0.15, 0.2) is 77.8 Å². The molecule has 2 heterocycles. The first-order chi connectivity index (χ1) is 16.9. The highest BCUT2D eigenvalue weighted by Crippen LogP contribution is 2.34. The fourth-order valence-electron chi connectivity index (χ4n) is 3.97. The number of alkyl halides is 3. The number of pyridine rings is 1. The Morgan fingerprint density at radius 3 is 2.36 bits per heavy atom. The number of halogens is 3. The van der Waals surface area contributed by atoms with Crippen molar-refractivity contribution in [2.75, 3.05) is 18.1 Å². The third kappa shape index (κ3) is 5.36. The average Bonchev–Trinajstić information content (AvgIpc) is 3.13. The first-order valence-corrected chi connectivity index (χ1v) is 12.5. The Balaban J connectivity index is 1.46. The smallest absolute Gasteiger partial charge is 0.404 e. The number of rotatable bonds is 6. The summed E-state index contributed by atoms with van der Waals surface area (Å²) < 4.78 is 67.2. The summed E-state index contributed by atoms with van der Waals surface area (Å²) in [6.07, 6.45) is 1.56. The van der Waals surface area contributed by atoms with Gasteiger partial charge < -0.3 is 9.64 Å². The number of nitrogens with zero attached hydrogens (tertiary/aromatic N) is 3. The molecule has 0 unspecified atom stereocenters. The zero-order chi connectivity index (χ0) is 26.1. The SMILES string of the molecule is CC1(C)CN(c2ccc(S(=O)(=O)C(F)(F)F)cc2)CN1Cc1ccnc(OC(=O)c2ccccc2)c1. The van der Waals surface area contributed by atoms with Crippen LogP contribution in [0.2, 0.25) is 0 Å². The number of hydrogen-bond acceptors (Lipinski definition) is 7. The van der Waals surface area contributed by atoms with Crippen LogP contribution in [0.4, 0.5) is 18.9 Å². The maximum atomic E-state index is 12.8. The maximum Gasteiger partial charge on any atom is 0.501 e. The lowest BCUT2D eigenvalue weighted by atomic mass is 10.0. The van der Waals surface area contributed by atoms with Crippen LogP contribution in [0.5, 0.6) is 5.88 Å². The minimum atomic E-state index is -5.39. The number of sulfone groups is 1. The largest absolute Gasteiger partial charge is 0.501 e. The van der Waals surface area contributed by atoms with Crippen LogP contribution in [0.1, 0.15) is 29.8 Å². The highest BCUT2D eigenvalue weighted by Gasteiger charge is 2.47. The summed E-state index contributed by atoms with van der Waals surface area (Å²) in [7, 11) is -5.39. The first-order valence-electron chi connectivity index (χ1n) is 11.0. The highest BCUT2D eigenvalue weighted by atomic mass is 32.2. The van der Waals surface area contributed by atoms with Gasteiger partial charge in [-0.3, -0.25) is 4.90 Å². The minimum Gasteiger partial charge on any atom is -0.404 e. The lowest BCUT2D eigenvalue weighted by Gasteiger charge is -2.29. The summed E-state index contributed by atoms with van der Waals surface area (Å²) in [5.74, 6) is -0.333. The Bertz CT molecular complexity index is 1340. The number of benzene rings is 2. The molecule has 0 aliphatic carbocycles. The van der Waals surface area contributed by atoms with Crippen LogP contribution < -0.4 is 9.64 Å². The quantitative estimate of drug-likeness (QED) is 0.439. The van der Waals surface area contributed by atoms with Gasteiger partial charge in [0.25, 0.3) is 9.84 Å². The molecule has 1 aromatic heterocycles. The van der Waals surface area contributed by atoms with E-state index in [0.717, 1.165) is 17.7 Å². The van der Waals surface area contributed by atoms with Gasteiger partial charge in [0, 0.05) is 36.6 Å². The number of ether oxygens (including phenoxy) is 1. The number of esters is 1. The van der Waals surface area contributed by atoms with Crippen molar-refractivity contribution in [3.8, 4) is 5.88 Å². The lowest BCUT2D eigenvalue weighted by molar-refractivity contribution is -0.0436. The van der Waals surface area contributed by atoms with Gasteiger partial charge in [0.05, 0.1) is 17.1 Å². The predicted octanol–water partition coefficient (Wildman–Crippen LogP) is 4.65. The normalized spacial score (nSPS) is 16.2.